The summed E-state index contributed by atoms with van der Waals surface area (Å²) in [4.78, 5) is 2.35. The summed E-state index contributed by atoms with van der Waals surface area (Å²) in [6.07, 6.45) is 0. The molecule has 0 spiro atoms. The van der Waals surface area contributed by atoms with E-state index in [2.05, 4.69) is 181 Å². The molecule has 2 heterocycles. The van der Waals surface area contributed by atoms with Gasteiger partial charge in [0.1, 0.15) is 22.3 Å². The number of para-hydroxylation sites is 3. The third-order valence-corrected chi connectivity index (χ3v) is 10.8. The van der Waals surface area contributed by atoms with Gasteiger partial charge in [-0.3, -0.25) is 0 Å². The highest BCUT2D eigenvalue weighted by molar-refractivity contribution is 6.08. The third-order valence-electron chi connectivity index (χ3n) is 10.8. The van der Waals surface area contributed by atoms with Crippen molar-refractivity contribution in [2.24, 2.45) is 0 Å². The van der Waals surface area contributed by atoms with E-state index in [4.69, 9.17) is 8.83 Å². The van der Waals surface area contributed by atoms with Gasteiger partial charge in [0, 0.05) is 38.6 Å². The zero-order valence-electron chi connectivity index (χ0n) is 29.8. The monoisotopic (exact) mass is 703 g/mol. The molecule has 0 radical (unpaired) electrons. The molecule has 258 valence electrons. The van der Waals surface area contributed by atoms with E-state index in [9.17, 15) is 0 Å². The summed E-state index contributed by atoms with van der Waals surface area (Å²) in [6.45, 7) is 0. The molecule has 11 rings (SSSR count). The van der Waals surface area contributed by atoms with Crippen LogP contribution in [-0.2, 0) is 0 Å². The summed E-state index contributed by atoms with van der Waals surface area (Å²) >= 11 is 0. The molecule has 0 saturated heterocycles. The lowest BCUT2D eigenvalue weighted by molar-refractivity contribution is 0.668. The molecule has 0 unspecified atom stereocenters. The van der Waals surface area contributed by atoms with Gasteiger partial charge < -0.3 is 13.7 Å². The maximum absolute atomic E-state index is 6.26. The molecule has 0 N–H and O–H groups in total. The average Bonchev–Trinajstić information content (AvgIpc) is 3.82. The van der Waals surface area contributed by atoms with Crippen molar-refractivity contribution in [1.29, 1.82) is 0 Å². The fourth-order valence-electron chi connectivity index (χ4n) is 8.17. The summed E-state index contributed by atoms with van der Waals surface area (Å²) in [6, 6.07) is 71.3. The number of nitrogens with zero attached hydrogens (tertiary/aromatic N) is 1. The van der Waals surface area contributed by atoms with E-state index in [-0.39, 0.29) is 0 Å². The van der Waals surface area contributed by atoms with E-state index < -0.39 is 0 Å². The first-order chi connectivity index (χ1) is 27.2. The molecule has 0 aliphatic carbocycles. The Hall–Kier alpha value is -7.36. The second-order valence-corrected chi connectivity index (χ2v) is 14.1. The van der Waals surface area contributed by atoms with Crippen LogP contribution in [0.5, 0.6) is 0 Å². The van der Waals surface area contributed by atoms with Crippen molar-refractivity contribution in [3.63, 3.8) is 0 Å². The second-order valence-electron chi connectivity index (χ2n) is 14.1. The number of hydrogen-bond donors (Lipinski definition) is 0. The van der Waals surface area contributed by atoms with Crippen molar-refractivity contribution in [1.82, 2.24) is 0 Å². The molecule has 0 fully saturated rings. The number of furan rings is 2. The quantitative estimate of drug-likeness (QED) is 0.173. The van der Waals surface area contributed by atoms with Gasteiger partial charge >= 0.3 is 0 Å². The number of fused-ring (bicyclic) bond motifs is 7. The SMILES string of the molecule is c1ccc(N(c2cccc(-c3ccc(-c4ccc5oc6ccccc6c5c4)cc3-c3ccc4oc5ccccc5c4c3)c2)c2ccc3ccccc3c2)cc1. The van der Waals surface area contributed by atoms with Crippen LogP contribution in [0.25, 0.3) is 88.0 Å². The van der Waals surface area contributed by atoms with E-state index in [1.54, 1.807) is 0 Å². The summed E-state index contributed by atoms with van der Waals surface area (Å²) in [5.74, 6) is 0. The minimum absolute atomic E-state index is 0.885. The van der Waals surface area contributed by atoms with Gasteiger partial charge in [0.25, 0.3) is 0 Å². The number of rotatable bonds is 6. The largest absolute Gasteiger partial charge is 0.456 e. The highest BCUT2D eigenvalue weighted by atomic mass is 16.3. The van der Waals surface area contributed by atoms with Crippen LogP contribution < -0.4 is 4.90 Å². The molecule has 9 aromatic carbocycles. The maximum Gasteiger partial charge on any atom is 0.135 e. The second kappa shape index (κ2) is 12.6. The number of benzene rings is 9. The van der Waals surface area contributed by atoms with Crippen molar-refractivity contribution >= 4 is 71.7 Å². The van der Waals surface area contributed by atoms with Crippen LogP contribution in [0, 0.1) is 0 Å². The predicted octanol–water partition coefficient (Wildman–Crippen LogP) is 15.1. The molecule has 0 bridgehead atoms. The van der Waals surface area contributed by atoms with E-state index in [1.165, 1.54) is 10.8 Å². The molecule has 0 atom stereocenters. The van der Waals surface area contributed by atoms with Gasteiger partial charge in [-0.2, -0.15) is 0 Å². The Bertz CT molecular complexity index is 3220. The standard InChI is InChI=1S/C52H33NO2/c1-2-14-40(15-3-1)53(42-25-21-34-11-4-5-12-35(34)29-42)41-16-10-13-38(30-41)43-26-22-36(37-23-27-51-47(32-37)44-17-6-8-19-49(44)54-51)31-46(43)39-24-28-52-48(33-39)45-18-7-9-20-50(45)55-52/h1-33H. The zero-order chi connectivity index (χ0) is 36.3. The smallest absolute Gasteiger partial charge is 0.135 e. The predicted molar refractivity (Wildman–Crippen MR) is 229 cm³/mol. The topological polar surface area (TPSA) is 29.5 Å². The van der Waals surface area contributed by atoms with E-state index in [0.29, 0.717) is 0 Å². The first kappa shape index (κ1) is 31.2. The molecule has 2 aromatic heterocycles. The van der Waals surface area contributed by atoms with Crippen LogP contribution in [0.15, 0.2) is 209 Å². The van der Waals surface area contributed by atoms with Gasteiger partial charge in [-0.05, 0) is 123 Å². The molecule has 0 aliphatic heterocycles. The minimum atomic E-state index is 0.885. The number of anilines is 3. The Morgan fingerprint density at radius 1 is 0.273 bits per heavy atom. The highest BCUT2D eigenvalue weighted by Gasteiger charge is 2.18. The lowest BCUT2D eigenvalue weighted by Gasteiger charge is -2.26. The first-order valence-corrected chi connectivity index (χ1v) is 18.7. The van der Waals surface area contributed by atoms with Crippen LogP contribution >= 0.6 is 0 Å². The lowest BCUT2D eigenvalue weighted by atomic mass is 9.90. The van der Waals surface area contributed by atoms with Gasteiger partial charge in [0.15, 0.2) is 0 Å². The summed E-state index contributed by atoms with van der Waals surface area (Å²) in [7, 11) is 0. The van der Waals surface area contributed by atoms with Gasteiger partial charge in [-0.1, -0.05) is 121 Å². The van der Waals surface area contributed by atoms with Gasteiger partial charge in [0.05, 0.1) is 0 Å². The summed E-state index contributed by atoms with van der Waals surface area (Å²) in [5.41, 5.74) is 13.7. The Morgan fingerprint density at radius 2 is 0.818 bits per heavy atom. The van der Waals surface area contributed by atoms with Gasteiger partial charge in [-0.25, -0.2) is 0 Å². The van der Waals surface area contributed by atoms with Gasteiger partial charge in [-0.15, -0.1) is 0 Å². The fourth-order valence-corrected chi connectivity index (χ4v) is 8.17. The zero-order valence-corrected chi connectivity index (χ0v) is 29.8. The average molecular weight is 704 g/mol. The molecule has 0 amide bonds. The summed E-state index contributed by atoms with van der Waals surface area (Å²) < 4.78 is 12.4. The van der Waals surface area contributed by atoms with Crippen LogP contribution in [0.1, 0.15) is 0 Å². The lowest BCUT2D eigenvalue weighted by Crippen LogP contribution is -2.09. The minimum Gasteiger partial charge on any atom is -0.456 e. The van der Waals surface area contributed by atoms with E-state index in [0.717, 1.165) is 94.3 Å². The Morgan fingerprint density at radius 3 is 1.58 bits per heavy atom. The molecule has 0 aliphatic rings. The van der Waals surface area contributed by atoms with Crippen LogP contribution in [0.2, 0.25) is 0 Å². The van der Waals surface area contributed by atoms with Gasteiger partial charge in [0.2, 0.25) is 0 Å². The molecule has 55 heavy (non-hydrogen) atoms. The first-order valence-electron chi connectivity index (χ1n) is 18.7. The number of hydrogen-bond acceptors (Lipinski definition) is 3. The molecular weight excluding hydrogens is 671 g/mol. The van der Waals surface area contributed by atoms with E-state index in [1.807, 2.05) is 24.3 Å². The van der Waals surface area contributed by atoms with Crippen molar-refractivity contribution in [2.75, 3.05) is 4.90 Å². The van der Waals surface area contributed by atoms with Crippen LogP contribution in [0.4, 0.5) is 17.1 Å². The highest BCUT2D eigenvalue weighted by Crippen LogP contribution is 2.43. The van der Waals surface area contributed by atoms with Crippen molar-refractivity contribution in [3.05, 3.63) is 200 Å². The Balaban J connectivity index is 1.10. The maximum atomic E-state index is 6.26. The Kier molecular flexibility index (Phi) is 7.17. The van der Waals surface area contributed by atoms with Crippen molar-refractivity contribution in [2.45, 2.75) is 0 Å². The van der Waals surface area contributed by atoms with E-state index >= 15 is 0 Å². The third kappa shape index (κ3) is 5.36. The van der Waals surface area contributed by atoms with Crippen LogP contribution in [0.3, 0.4) is 0 Å². The molecule has 3 nitrogen and oxygen atoms in total. The fraction of sp³-hybridized carbons (Fsp3) is 0. The van der Waals surface area contributed by atoms with Crippen LogP contribution in [-0.4, -0.2) is 0 Å². The molecule has 11 aromatic rings. The molecular formula is C52H33NO2. The molecule has 0 saturated carbocycles. The molecule has 3 heteroatoms. The van der Waals surface area contributed by atoms with Crippen molar-refractivity contribution < 1.29 is 8.83 Å². The summed E-state index contributed by atoms with van der Waals surface area (Å²) in [5, 5.41) is 6.90. The van der Waals surface area contributed by atoms with Crippen molar-refractivity contribution in [3.8, 4) is 33.4 Å². The Labute approximate surface area is 317 Å². The normalized spacial score (nSPS) is 11.6.